The van der Waals surface area contributed by atoms with Crippen LogP contribution in [0, 0.1) is 19.7 Å². The predicted molar refractivity (Wildman–Crippen MR) is 79.4 cm³/mol. The summed E-state index contributed by atoms with van der Waals surface area (Å²) in [6.07, 6.45) is 0. The van der Waals surface area contributed by atoms with Crippen LogP contribution in [-0.4, -0.2) is 11.1 Å². The summed E-state index contributed by atoms with van der Waals surface area (Å²) in [6.45, 7) is 4.06. The summed E-state index contributed by atoms with van der Waals surface area (Å²) in [4.78, 5) is 11.5. The summed E-state index contributed by atoms with van der Waals surface area (Å²) in [5, 5.41) is 0.132. The molecule has 0 saturated heterocycles. The van der Waals surface area contributed by atoms with Crippen molar-refractivity contribution in [2.75, 3.05) is 5.33 Å². The zero-order chi connectivity index (χ0) is 14.0. The van der Waals surface area contributed by atoms with E-state index >= 15 is 0 Å². The molecule has 0 fully saturated rings. The Kier molecular flexibility index (Phi) is 4.15. The molecule has 0 bridgehead atoms. The van der Waals surface area contributed by atoms with Crippen LogP contribution in [0.2, 0.25) is 0 Å². The number of carbonyl (C=O) groups excluding carboxylic acids is 1. The minimum absolute atomic E-state index is 0.129. The molecule has 2 rings (SSSR count). The number of carbonyl (C=O) groups is 1. The van der Waals surface area contributed by atoms with Gasteiger partial charge < -0.3 is 0 Å². The van der Waals surface area contributed by atoms with Crippen LogP contribution in [0.25, 0.3) is 11.1 Å². The van der Waals surface area contributed by atoms with Gasteiger partial charge in [-0.15, -0.1) is 0 Å². The predicted octanol–water partition coefficient (Wildman–Crippen LogP) is 4.69. The lowest BCUT2D eigenvalue weighted by molar-refractivity contribution is 0.102. The number of rotatable bonds is 3. The van der Waals surface area contributed by atoms with Crippen LogP contribution >= 0.6 is 15.9 Å². The van der Waals surface area contributed by atoms with E-state index in [4.69, 9.17) is 0 Å². The number of ketones is 1. The number of halogens is 2. The highest BCUT2D eigenvalue weighted by atomic mass is 79.9. The van der Waals surface area contributed by atoms with E-state index in [1.165, 1.54) is 17.2 Å². The van der Waals surface area contributed by atoms with E-state index in [2.05, 4.69) is 15.9 Å². The van der Waals surface area contributed by atoms with Gasteiger partial charge >= 0.3 is 0 Å². The maximum absolute atomic E-state index is 13.9. The quantitative estimate of drug-likeness (QED) is 0.592. The molecule has 98 valence electrons. The highest BCUT2D eigenvalue weighted by molar-refractivity contribution is 9.09. The van der Waals surface area contributed by atoms with Gasteiger partial charge in [0.25, 0.3) is 0 Å². The maximum atomic E-state index is 13.9. The van der Waals surface area contributed by atoms with E-state index in [9.17, 15) is 9.18 Å². The largest absolute Gasteiger partial charge is 0.293 e. The maximum Gasteiger partial charge on any atom is 0.176 e. The van der Waals surface area contributed by atoms with Crippen molar-refractivity contribution in [3.05, 3.63) is 58.9 Å². The average Bonchev–Trinajstić information content (AvgIpc) is 2.41. The Hall–Kier alpha value is -1.48. The van der Waals surface area contributed by atoms with E-state index in [0.29, 0.717) is 0 Å². The molecule has 0 radical (unpaired) electrons. The SMILES string of the molecule is Cc1ccc(-c2ccc(C(=O)CBr)c(F)c2)cc1C. The van der Waals surface area contributed by atoms with Crippen molar-refractivity contribution in [3.63, 3.8) is 0 Å². The fourth-order valence-corrected chi connectivity index (χ4v) is 2.22. The minimum Gasteiger partial charge on any atom is -0.293 e. The van der Waals surface area contributed by atoms with Gasteiger partial charge in [-0.25, -0.2) is 4.39 Å². The summed E-state index contributed by atoms with van der Waals surface area (Å²) < 4.78 is 13.9. The standard InChI is InChI=1S/C16H14BrFO/c1-10-3-4-12(7-11(10)2)13-5-6-14(15(18)8-13)16(19)9-17/h3-8H,9H2,1-2H3. The summed E-state index contributed by atoms with van der Waals surface area (Å²) in [6, 6.07) is 10.7. The van der Waals surface area contributed by atoms with Gasteiger partial charge in [-0.05, 0) is 48.2 Å². The average molecular weight is 321 g/mol. The normalized spacial score (nSPS) is 10.5. The number of benzene rings is 2. The van der Waals surface area contributed by atoms with Crippen molar-refractivity contribution in [1.82, 2.24) is 0 Å². The van der Waals surface area contributed by atoms with Crippen molar-refractivity contribution >= 4 is 21.7 Å². The van der Waals surface area contributed by atoms with Gasteiger partial charge in [-0.1, -0.05) is 40.2 Å². The molecule has 0 aliphatic heterocycles. The van der Waals surface area contributed by atoms with Crippen molar-refractivity contribution in [2.24, 2.45) is 0 Å². The van der Waals surface area contributed by atoms with Gasteiger partial charge in [-0.2, -0.15) is 0 Å². The number of alkyl halides is 1. The van der Waals surface area contributed by atoms with Gasteiger partial charge in [0.2, 0.25) is 0 Å². The van der Waals surface area contributed by atoms with Gasteiger partial charge in [0, 0.05) is 0 Å². The Labute approximate surface area is 120 Å². The Morgan fingerprint density at radius 1 is 1.05 bits per heavy atom. The lowest BCUT2D eigenvalue weighted by atomic mass is 9.99. The third-order valence-electron chi connectivity index (χ3n) is 3.23. The lowest BCUT2D eigenvalue weighted by Crippen LogP contribution is -2.03. The van der Waals surface area contributed by atoms with Crippen LogP contribution in [0.4, 0.5) is 4.39 Å². The van der Waals surface area contributed by atoms with E-state index in [1.54, 1.807) is 12.1 Å². The fraction of sp³-hybridized carbons (Fsp3) is 0.188. The van der Waals surface area contributed by atoms with Crippen LogP contribution in [0.5, 0.6) is 0 Å². The highest BCUT2D eigenvalue weighted by Crippen LogP contribution is 2.24. The molecular weight excluding hydrogens is 307 g/mol. The molecule has 19 heavy (non-hydrogen) atoms. The van der Waals surface area contributed by atoms with Crippen LogP contribution < -0.4 is 0 Å². The molecule has 0 aliphatic rings. The lowest BCUT2D eigenvalue weighted by Gasteiger charge is -2.07. The van der Waals surface area contributed by atoms with Crippen LogP contribution in [-0.2, 0) is 0 Å². The molecule has 3 heteroatoms. The topological polar surface area (TPSA) is 17.1 Å². The molecule has 0 spiro atoms. The first kappa shape index (κ1) is 13.9. The Morgan fingerprint density at radius 3 is 2.26 bits per heavy atom. The third kappa shape index (κ3) is 2.92. The van der Waals surface area contributed by atoms with Crippen molar-refractivity contribution in [3.8, 4) is 11.1 Å². The first-order valence-electron chi connectivity index (χ1n) is 5.99. The second-order valence-electron chi connectivity index (χ2n) is 4.55. The second kappa shape index (κ2) is 5.66. The number of hydrogen-bond acceptors (Lipinski definition) is 1. The number of Topliss-reactive ketones (excluding diaryl/α,β-unsaturated/α-hetero) is 1. The summed E-state index contributed by atoms with van der Waals surface area (Å²) in [5.41, 5.74) is 4.24. The van der Waals surface area contributed by atoms with Crippen LogP contribution in [0.15, 0.2) is 36.4 Å². The van der Waals surface area contributed by atoms with Crippen molar-refractivity contribution in [2.45, 2.75) is 13.8 Å². The summed E-state index contributed by atoms with van der Waals surface area (Å²) >= 11 is 3.05. The molecule has 0 aliphatic carbocycles. The van der Waals surface area contributed by atoms with Crippen molar-refractivity contribution in [1.29, 1.82) is 0 Å². The van der Waals surface area contributed by atoms with Gasteiger partial charge in [0.05, 0.1) is 10.9 Å². The second-order valence-corrected chi connectivity index (χ2v) is 5.11. The first-order valence-corrected chi connectivity index (χ1v) is 7.11. The molecule has 0 saturated carbocycles. The molecule has 1 nitrogen and oxygen atoms in total. The monoisotopic (exact) mass is 320 g/mol. The van der Waals surface area contributed by atoms with Gasteiger partial charge in [0.1, 0.15) is 5.82 Å². The zero-order valence-corrected chi connectivity index (χ0v) is 12.4. The van der Waals surface area contributed by atoms with Gasteiger partial charge in [-0.3, -0.25) is 4.79 Å². The summed E-state index contributed by atoms with van der Waals surface area (Å²) in [5.74, 6) is -0.718. The van der Waals surface area contributed by atoms with Crippen molar-refractivity contribution < 1.29 is 9.18 Å². The number of aryl methyl sites for hydroxylation is 2. The van der Waals surface area contributed by atoms with E-state index in [0.717, 1.165) is 11.1 Å². The molecule has 0 aromatic heterocycles. The molecule has 0 atom stereocenters. The molecule has 2 aromatic carbocycles. The van der Waals surface area contributed by atoms with Crippen LogP contribution in [0.1, 0.15) is 21.5 Å². The molecule has 0 heterocycles. The smallest absolute Gasteiger partial charge is 0.176 e. The Bertz CT molecular complexity index is 635. The first-order chi connectivity index (χ1) is 9.02. The molecule has 0 N–H and O–H groups in total. The zero-order valence-electron chi connectivity index (χ0n) is 10.8. The highest BCUT2D eigenvalue weighted by Gasteiger charge is 2.11. The van der Waals surface area contributed by atoms with E-state index < -0.39 is 5.82 Å². The minimum atomic E-state index is -0.472. The summed E-state index contributed by atoms with van der Waals surface area (Å²) in [7, 11) is 0. The third-order valence-corrected chi connectivity index (χ3v) is 3.74. The fourth-order valence-electron chi connectivity index (χ4n) is 1.91. The molecule has 0 amide bonds. The molecular formula is C16H14BrFO. The van der Waals surface area contributed by atoms with Crippen LogP contribution in [0.3, 0.4) is 0 Å². The molecule has 2 aromatic rings. The van der Waals surface area contributed by atoms with E-state index in [-0.39, 0.29) is 16.7 Å². The van der Waals surface area contributed by atoms with E-state index in [1.807, 2.05) is 32.0 Å². The van der Waals surface area contributed by atoms with Gasteiger partial charge in [0.15, 0.2) is 5.78 Å². The Balaban J connectivity index is 2.44. The Morgan fingerprint density at radius 2 is 1.68 bits per heavy atom. The molecule has 0 unspecified atom stereocenters. The number of hydrogen-bond donors (Lipinski definition) is 0.